The lowest BCUT2D eigenvalue weighted by molar-refractivity contribution is -0.123. The van der Waals surface area contributed by atoms with Gasteiger partial charge in [0.25, 0.3) is 0 Å². The Hall–Kier alpha value is -2.02. The van der Waals surface area contributed by atoms with E-state index in [0.29, 0.717) is 41.2 Å². The molecular weight excluding hydrogens is 410 g/mol. The molecular formula is C22H22ClNO4S. The summed E-state index contributed by atoms with van der Waals surface area (Å²) in [4.78, 5) is 31.1. The highest BCUT2D eigenvalue weighted by Crippen LogP contribution is 2.36. The number of ketones is 2. The van der Waals surface area contributed by atoms with Crippen LogP contribution in [0.3, 0.4) is 0 Å². The van der Waals surface area contributed by atoms with Crippen LogP contribution >= 0.6 is 22.9 Å². The fourth-order valence-electron chi connectivity index (χ4n) is 3.76. The molecule has 0 bridgehead atoms. The molecule has 29 heavy (non-hydrogen) atoms. The summed E-state index contributed by atoms with van der Waals surface area (Å²) >= 11 is 7.35. The molecule has 152 valence electrons. The lowest BCUT2D eigenvalue weighted by Gasteiger charge is -2.19. The minimum absolute atomic E-state index is 0.0631. The minimum Gasteiger partial charge on any atom is -0.486 e. The fourth-order valence-corrected chi connectivity index (χ4v) is 4.77. The Balaban J connectivity index is 1.47. The van der Waals surface area contributed by atoms with Crippen LogP contribution in [0.4, 0.5) is 0 Å². The van der Waals surface area contributed by atoms with Gasteiger partial charge in [0, 0.05) is 29.5 Å². The second kappa shape index (κ2) is 8.78. The molecule has 5 nitrogen and oxygen atoms in total. The molecule has 2 fully saturated rings. The number of nitrogens with zero attached hydrogens (tertiary/aromatic N) is 1. The molecule has 2 aromatic rings. The summed E-state index contributed by atoms with van der Waals surface area (Å²) in [7, 11) is 0. The zero-order chi connectivity index (χ0) is 20.4. The van der Waals surface area contributed by atoms with Crippen LogP contribution in [0.25, 0.3) is 0 Å². The van der Waals surface area contributed by atoms with E-state index >= 15 is 0 Å². The number of thiazole rings is 1. The van der Waals surface area contributed by atoms with Gasteiger partial charge in [-0.2, -0.15) is 0 Å². The number of hydrogen-bond donors (Lipinski definition) is 0. The number of ether oxygens (including phenoxy) is 2. The maximum atomic E-state index is 13.0. The molecule has 0 spiro atoms. The van der Waals surface area contributed by atoms with Crippen molar-refractivity contribution in [2.75, 3.05) is 13.2 Å². The Kier molecular flexibility index (Phi) is 6.13. The number of carbonyl (C=O) groups excluding carboxylic acids is 2. The average molecular weight is 432 g/mol. The Morgan fingerprint density at radius 1 is 1.24 bits per heavy atom. The quantitative estimate of drug-likeness (QED) is 0.508. The van der Waals surface area contributed by atoms with Crippen molar-refractivity contribution in [1.29, 1.82) is 0 Å². The normalized spacial score (nSPS) is 21.9. The number of rotatable bonds is 5. The molecule has 0 radical (unpaired) electrons. The van der Waals surface area contributed by atoms with Crippen molar-refractivity contribution < 1.29 is 19.1 Å². The molecule has 0 N–H and O–H groups in total. The van der Waals surface area contributed by atoms with Gasteiger partial charge < -0.3 is 9.47 Å². The highest BCUT2D eigenvalue weighted by atomic mass is 35.5. The van der Waals surface area contributed by atoms with Gasteiger partial charge in [0.15, 0.2) is 11.6 Å². The van der Waals surface area contributed by atoms with E-state index in [9.17, 15) is 9.59 Å². The molecule has 1 aliphatic carbocycles. The van der Waals surface area contributed by atoms with Crippen molar-refractivity contribution in [3.63, 3.8) is 0 Å². The molecule has 7 heteroatoms. The summed E-state index contributed by atoms with van der Waals surface area (Å²) in [5.74, 6) is 0.0705. The maximum absolute atomic E-state index is 13.0. The zero-order valence-electron chi connectivity index (χ0n) is 16.2. The first-order valence-corrected chi connectivity index (χ1v) is 10.9. The van der Waals surface area contributed by atoms with Gasteiger partial charge >= 0.3 is 0 Å². The molecule has 1 saturated heterocycles. The topological polar surface area (TPSA) is 65.5 Å². The van der Waals surface area contributed by atoms with Crippen LogP contribution in [0.5, 0.6) is 5.75 Å². The molecule has 2 aliphatic rings. The number of aryl methyl sites for hydroxylation is 1. The first-order chi connectivity index (χ1) is 14.0. The predicted octanol–water partition coefficient (Wildman–Crippen LogP) is 4.66. The van der Waals surface area contributed by atoms with E-state index in [4.69, 9.17) is 21.1 Å². The van der Waals surface area contributed by atoms with Gasteiger partial charge in [-0.25, -0.2) is 4.98 Å². The lowest BCUT2D eigenvalue weighted by atomic mass is 9.95. The second-order valence-electron chi connectivity index (χ2n) is 7.37. The van der Waals surface area contributed by atoms with Crippen LogP contribution in [-0.2, 0) is 20.9 Å². The van der Waals surface area contributed by atoms with Gasteiger partial charge in [0.2, 0.25) is 0 Å². The van der Waals surface area contributed by atoms with E-state index in [-0.39, 0.29) is 24.6 Å². The first kappa shape index (κ1) is 20.3. The molecule has 1 aromatic carbocycles. The van der Waals surface area contributed by atoms with Crippen molar-refractivity contribution in [2.24, 2.45) is 5.92 Å². The second-order valence-corrected chi connectivity index (χ2v) is 9.10. The number of benzene rings is 1. The number of Topliss-reactive ketones (excluding diaryl/α,β-unsaturated/α-hetero) is 2. The van der Waals surface area contributed by atoms with E-state index in [0.717, 1.165) is 22.7 Å². The van der Waals surface area contributed by atoms with Gasteiger partial charge in [-0.3, -0.25) is 9.59 Å². The summed E-state index contributed by atoms with van der Waals surface area (Å²) in [6, 6.07) is 7.11. The van der Waals surface area contributed by atoms with E-state index in [1.165, 1.54) is 11.3 Å². The summed E-state index contributed by atoms with van der Waals surface area (Å²) in [6.07, 6.45) is 4.00. The molecule has 1 atom stereocenters. The Morgan fingerprint density at radius 3 is 2.69 bits per heavy atom. The standard InChI is InChI=1S/C22H22ClNO4S/c1-13-21(24-19(29-13)12-28-17-4-2-16(23)3-5-17)20-18(25)11-15(22(20)26)10-14-6-8-27-9-7-14/h2-5,10,14,20H,6-9,11-12H2,1H3/b15-10+. The van der Waals surface area contributed by atoms with Crippen molar-refractivity contribution in [1.82, 2.24) is 4.98 Å². The van der Waals surface area contributed by atoms with Crippen LogP contribution in [0, 0.1) is 12.8 Å². The summed E-state index contributed by atoms with van der Waals surface area (Å²) in [5.41, 5.74) is 1.22. The van der Waals surface area contributed by atoms with E-state index in [1.807, 2.05) is 13.0 Å². The zero-order valence-corrected chi connectivity index (χ0v) is 17.7. The van der Waals surface area contributed by atoms with E-state index in [1.54, 1.807) is 24.3 Å². The number of aromatic nitrogens is 1. The number of carbonyl (C=O) groups is 2. The number of halogens is 1. The Labute approximate surface area is 178 Å². The third kappa shape index (κ3) is 4.60. The van der Waals surface area contributed by atoms with Crippen LogP contribution in [0.1, 0.15) is 40.8 Å². The summed E-state index contributed by atoms with van der Waals surface area (Å²) in [5, 5.41) is 1.39. The van der Waals surface area contributed by atoms with Crippen molar-refractivity contribution >= 4 is 34.5 Å². The average Bonchev–Trinajstić information content (AvgIpc) is 3.20. The lowest BCUT2D eigenvalue weighted by Crippen LogP contribution is -2.16. The minimum atomic E-state index is -0.776. The molecule has 1 aliphatic heterocycles. The Morgan fingerprint density at radius 2 is 1.97 bits per heavy atom. The summed E-state index contributed by atoms with van der Waals surface area (Å²) < 4.78 is 11.1. The van der Waals surface area contributed by atoms with Crippen LogP contribution < -0.4 is 4.74 Å². The fraction of sp³-hybridized carbons (Fsp3) is 0.409. The largest absolute Gasteiger partial charge is 0.486 e. The maximum Gasteiger partial charge on any atom is 0.175 e. The van der Waals surface area contributed by atoms with Gasteiger partial charge in [0.05, 0.1) is 5.69 Å². The van der Waals surface area contributed by atoms with Gasteiger partial charge in [0.1, 0.15) is 23.3 Å². The predicted molar refractivity (Wildman–Crippen MR) is 112 cm³/mol. The van der Waals surface area contributed by atoms with Gasteiger partial charge in [-0.1, -0.05) is 17.7 Å². The Bertz CT molecular complexity index is 944. The molecule has 1 saturated carbocycles. The smallest absolute Gasteiger partial charge is 0.175 e. The van der Waals surface area contributed by atoms with Crippen molar-refractivity contribution in [3.05, 3.63) is 56.5 Å². The van der Waals surface area contributed by atoms with Gasteiger partial charge in [-0.15, -0.1) is 11.3 Å². The number of hydrogen-bond acceptors (Lipinski definition) is 6. The molecule has 1 aromatic heterocycles. The SMILES string of the molecule is Cc1sc(COc2ccc(Cl)cc2)nc1C1C(=O)C/C(=C\C2CCOCC2)C1=O. The third-order valence-corrected chi connectivity index (χ3v) is 6.51. The van der Waals surface area contributed by atoms with Gasteiger partial charge in [-0.05, 0) is 55.5 Å². The van der Waals surface area contributed by atoms with Crippen molar-refractivity contribution in [2.45, 2.75) is 38.7 Å². The molecule has 4 rings (SSSR count). The van der Waals surface area contributed by atoms with Crippen LogP contribution in [-0.4, -0.2) is 29.8 Å². The first-order valence-electron chi connectivity index (χ1n) is 9.71. The molecule has 0 amide bonds. The molecule has 2 heterocycles. The highest BCUT2D eigenvalue weighted by Gasteiger charge is 2.41. The molecule has 1 unspecified atom stereocenters. The monoisotopic (exact) mass is 431 g/mol. The van der Waals surface area contributed by atoms with Crippen LogP contribution in [0.15, 0.2) is 35.9 Å². The van der Waals surface area contributed by atoms with Crippen LogP contribution in [0.2, 0.25) is 5.02 Å². The summed E-state index contributed by atoms with van der Waals surface area (Å²) in [6.45, 7) is 3.61. The van der Waals surface area contributed by atoms with Crippen molar-refractivity contribution in [3.8, 4) is 5.75 Å². The van der Waals surface area contributed by atoms with E-state index < -0.39 is 5.92 Å². The highest BCUT2D eigenvalue weighted by molar-refractivity contribution is 7.11. The third-order valence-electron chi connectivity index (χ3n) is 5.29. The van der Waals surface area contributed by atoms with E-state index in [2.05, 4.69) is 4.98 Å². The number of allylic oxidation sites excluding steroid dienone is 2.